The number of hydrogen-bond donors (Lipinski definition) is 2. The van der Waals surface area contributed by atoms with E-state index in [9.17, 15) is 4.79 Å². The van der Waals surface area contributed by atoms with Crippen LogP contribution in [0.15, 0.2) is 27.3 Å². The molecular formula is C13H14N6O3S. The number of amides is 1. The van der Waals surface area contributed by atoms with Crippen LogP contribution in [0, 0.1) is 0 Å². The normalized spacial score (nSPS) is 12.2. The molecule has 3 N–H and O–H groups in total. The van der Waals surface area contributed by atoms with Crippen LogP contribution in [0.3, 0.4) is 0 Å². The van der Waals surface area contributed by atoms with Crippen molar-refractivity contribution in [2.24, 2.45) is 0 Å². The quantitative estimate of drug-likeness (QED) is 0.694. The van der Waals surface area contributed by atoms with Gasteiger partial charge in [0, 0.05) is 12.8 Å². The fourth-order valence-corrected chi connectivity index (χ4v) is 2.49. The van der Waals surface area contributed by atoms with Crippen LogP contribution in [-0.2, 0) is 11.2 Å². The number of rotatable bonds is 6. The molecule has 10 heteroatoms. The summed E-state index contributed by atoms with van der Waals surface area (Å²) in [5, 5.41) is 15.3. The summed E-state index contributed by atoms with van der Waals surface area (Å²) >= 11 is 1.24. The maximum atomic E-state index is 11.9. The first kappa shape index (κ1) is 15.2. The highest BCUT2D eigenvalue weighted by atomic mass is 32.1. The van der Waals surface area contributed by atoms with Crippen molar-refractivity contribution in [1.29, 1.82) is 0 Å². The number of aryl methyl sites for hydroxylation is 1. The lowest BCUT2D eigenvalue weighted by molar-refractivity contribution is -0.121. The van der Waals surface area contributed by atoms with E-state index in [1.54, 1.807) is 12.1 Å². The third-order valence-electron chi connectivity index (χ3n) is 2.98. The first-order valence-electron chi connectivity index (χ1n) is 6.86. The van der Waals surface area contributed by atoms with Crippen molar-refractivity contribution in [2.75, 3.05) is 5.73 Å². The van der Waals surface area contributed by atoms with Crippen molar-refractivity contribution in [3.63, 3.8) is 0 Å². The highest BCUT2D eigenvalue weighted by Crippen LogP contribution is 2.19. The minimum absolute atomic E-state index is 0.149. The molecule has 0 bridgehead atoms. The van der Waals surface area contributed by atoms with E-state index in [1.165, 1.54) is 17.6 Å². The highest BCUT2D eigenvalue weighted by molar-refractivity contribution is 7.15. The van der Waals surface area contributed by atoms with Gasteiger partial charge in [-0.3, -0.25) is 4.79 Å². The van der Waals surface area contributed by atoms with E-state index >= 15 is 0 Å². The summed E-state index contributed by atoms with van der Waals surface area (Å²) < 4.78 is 10.3. The van der Waals surface area contributed by atoms with E-state index in [4.69, 9.17) is 14.7 Å². The summed E-state index contributed by atoms with van der Waals surface area (Å²) in [5.41, 5.74) is 5.52. The summed E-state index contributed by atoms with van der Waals surface area (Å²) in [7, 11) is 0. The number of nitrogens with one attached hydrogen (secondary N) is 1. The summed E-state index contributed by atoms with van der Waals surface area (Å²) in [5.74, 6) is 1.11. The Morgan fingerprint density at radius 3 is 3.04 bits per heavy atom. The number of hydrogen-bond acceptors (Lipinski definition) is 9. The van der Waals surface area contributed by atoms with Gasteiger partial charge in [0.2, 0.25) is 22.8 Å². The third-order valence-corrected chi connectivity index (χ3v) is 3.91. The van der Waals surface area contributed by atoms with Crippen molar-refractivity contribution >= 4 is 22.4 Å². The molecule has 0 aliphatic rings. The average molecular weight is 334 g/mol. The van der Waals surface area contributed by atoms with Crippen LogP contribution in [0.2, 0.25) is 0 Å². The zero-order valence-corrected chi connectivity index (χ0v) is 13.0. The Labute approximate surface area is 134 Å². The number of anilines is 1. The Morgan fingerprint density at radius 1 is 1.48 bits per heavy atom. The molecule has 3 heterocycles. The molecule has 23 heavy (non-hydrogen) atoms. The maximum absolute atomic E-state index is 11.9. The van der Waals surface area contributed by atoms with Crippen LogP contribution in [0.5, 0.6) is 0 Å². The number of aromatic nitrogens is 4. The van der Waals surface area contributed by atoms with Crippen molar-refractivity contribution in [2.45, 2.75) is 25.8 Å². The lowest BCUT2D eigenvalue weighted by atomic mass is 10.2. The van der Waals surface area contributed by atoms with Crippen LogP contribution in [0.4, 0.5) is 5.13 Å². The lowest BCUT2D eigenvalue weighted by Gasteiger charge is -2.09. The summed E-state index contributed by atoms with van der Waals surface area (Å²) in [4.78, 5) is 16.1. The summed E-state index contributed by atoms with van der Waals surface area (Å²) in [6, 6.07) is 3.22. The molecule has 3 aromatic heterocycles. The third kappa shape index (κ3) is 3.72. The molecule has 9 nitrogen and oxygen atoms in total. The Kier molecular flexibility index (Phi) is 4.33. The molecule has 0 aliphatic carbocycles. The number of nitrogens with two attached hydrogens (primary N) is 1. The molecule has 0 aromatic carbocycles. The number of carbonyl (C=O) groups is 1. The molecular weight excluding hydrogens is 320 g/mol. The monoisotopic (exact) mass is 334 g/mol. The molecule has 3 rings (SSSR count). The van der Waals surface area contributed by atoms with Gasteiger partial charge >= 0.3 is 0 Å². The topological polar surface area (TPSA) is 133 Å². The SMILES string of the molecule is C[C@H](NC(=O)CCc1nc(-c2ccco2)no1)c1nnc(N)s1. The fraction of sp³-hybridized carbons (Fsp3) is 0.308. The van der Waals surface area contributed by atoms with E-state index in [2.05, 4.69) is 25.7 Å². The Bertz CT molecular complexity index is 781. The zero-order chi connectivity index (χ0) is 16.2. The molecule has 1 atom stereocenters. The van der Waals surface area contributed by atoms with E-state index in [-0.39, 0.29) is 18.4 Å². The summed E-state index contributed by atoms with van der Waals surface area (Å²) in [6.07, 6.45) is 2.09. The zero-order valence-electron chi connectivity index (χ0n) is 12.2. The van der Waals surface area contributed by atoms with Gasteiger partial charge in [-0.05, 0) is 19.1 Å². The lowest BCUT2D eigenvalue weighted by Crippen LogP contribution is -2.26. The van der Waals surface area contributed by atoms with Crippen molar-refractivity contribution in [3.8, 4) is 11.6 Å². The molecule has 0 saturated heterocycles. The van der Waals surface area contributed by atoms with Gasteiger partial charge in [0.05, 0.1) is 12.3 Å². The minimum Gasteiger partial charge on any atom is -0.461 e. The predicted molar refractivity (Wildman–Crippen MR) is 81.2 cm³/mol. The standard InChI is InChI=1S/C13H14N6O3S/c1-7(12-17-18-13(14)23-12)15-9(20)4-5-10-16-11(19-22-10)8-3-2-6-21-8/h2-3,6-7H,4-5H2,1H3,(H2,14,18)(H,15,20)/t7-/m0/s1. The predicted octanol–water partition coefficient (Wildman–Crippen LogP) is 1.57. The van der Waals surface area contributed by atoms with Crippen LogP contribution in [-0.4, -0.2) is 26.2 Å². The smallest absolute Gasteiger partial charge is 0.238 e. The van der Waals surface area contributed by atoms with E-state index in [1.807, 2.05) is 6.92 Å². The molecule has 0 radical (unpaired) electrons. The van der Waals surface area contributed by atoms with Crippen molar-refractivity contribution < 1.29 is 13.7 Å². The van der Waals surface area contributed by atoms with Crippen molar-refractivity contribution in [1.82, 2.24) is 25.7 Å². The Hall–Kier alpha value is -2.75. The van der Waals surface area contributed by atoms with Gasteiger partial charge < -0.3 is 20.0 Å². The number of carbonyl (C=O) groups excluding carboxylic acids is 1. The number of nitrogen functional groups attached to an aromatic ring is 1. The van der Waals surface area contributed by atoms with Gasteiger partial charge in [0.15, 0.2) is 5.76 Å². The number of nitrogens with zero attached hydrogens (tertiary/aromatic N) is 4. The molecule has 120 valence electrons. The van der Waals surface area contributed by atoms with E-state index in [0.717, 1.165) is 0 Å². The van der Waals surface area contributed by atoms with Crippen LogP contribution >= 0.6 is 11.3 Å². The second kappa shape index (κ2) is 6.57. The molecule has 3 aromatic rings. The van der Waals surface area contributed by atoms with E-state index < -0.39 is 0 Å². The van der Waals surface area contributed by atoms with Crippen molar-refractivity contribution in [3.05, 3.63) is 29.3 Å². The van der Waals surface area contributed by atoms with E-state index in [0.29, 0.717) is 34.0 Å². The van der Waals surface area contributed by atoms with Gasteiger partial charge in [-0.2, -0.15) is 4.98 Å². The molecule has 1 amide bonds. The Balaban J connectivity index is 1.51. The first-order chi connectivity index (χ1) is 11.1. The van der Waals surface area contributed by atoms with Gasteiger partial charge in [-0.15, -0.1) is 10.2 Å². The average Bonchev–Trinajstić information content (AvgIpc) is 3.26. The second-order valence-corrected chi connectivity index (χ2v) is 5.80. The largest absolute Gasteiger partial charge is 0.461 e. The van der Waals surface area contributed by atoms with Gasteiger partial charge in [0.25, 0.3) is 0 Å². The summed E-state index contributed by atoms with van der Waals surface area (Å²) in [6.45, 7) is 1.82. The molecule has 0 aliphatic heterocycles. The fourth-order valence-electron chi connectivity index (χ4n) is 1.88. The molecule has 0 saturated carbocycles. The molecule has 0 unspecified atom stereocenters. The van der Waals surface area contributed by atoms with Crippen LogP contribution < -0.4 is 11.1 Å². The Morgan fingerprint density at radius 2 is 2.35 bits per heavy atom. The minimum atomic E-state index is -0.251. The van der Waals surface area contributed by atoms with Gasteiger partial charge in [0.1, 0.15) is 5.01 Å². The van der Waals surface area contributed by atoms with Gasteiger partial charge in [-0.1, -0.05) is 16.5 Å². The maximum Gasteiger partial charge on any atom is 0.238 e. The van der Waals surface area contributed by atoms with Gasteiger partial charge in [-0.25, -0.2) is 0 Å². The van der Waals surface area contributed by atoms with Crippen LogP contribution in [0.1, 0.15) is 30.3 Å². The van der Waals surface area contributed by atoms with Crippen LogP contribution in [0.25, 0.3) is 11.6 Å². The second-order valence-electron chi connectivity index (χ2n) is 4.76. The molecule has 0 fully saturated rings. The highest BCUT2D eigenvalue weighted by Gasteiger charge is 2.16. The first-order valence-corrected chi connectivity index (χ1v) is 7.68. The molecule has 0 spiro atoms. The number of furan rings is 1.